The van der Waals surface area contributed by atoms with Gasteiger partial charge in [-0.05, 0) is 55.5 Å². The first kappa shape index (κ1) is 33.3. The van der Waals surface area contributed by atoms with E-state index in [-0.39, 0.29) is 29.0 Å². The molecule has 47 heavy (non-hydrogen) atoms. The van der Waals surface area contributed by atoms with Crippen LogP contribution in [0.5, 0.6) is 17.2 Å². The van der Waals surface area contributed by atoms with Crippen LogP contribution in [-0.4, -0.2) is 52.0 Å². The van der Waals surface area contributed by atoms with Crippen molar-refractivity contribution in [2.45, 2.75) is 65.7 Å². The first-order chi connectivity index (χ1) is 22.7. The highest BCUT2D eigenvalue weighted by atomic mass is 16.5. The van der Waals surface area contributed by atoms with E-state index in [0.717, 1.165) is 47.0 Å². The maximum Gasteiger partial charge on any atom is 0.340 e. The standard InChI is InChI=1S/C33H33N3O9.C2H6/c1-3-18-19-11-17(43-9-5-4-6-10-44-28-14-24(34)21(32(39)40)13-27(28)42-2)7-8-25(19)35-29-22(18)15-36-26(29)12-20-23(31(36)38)16-45-33(41)30(20)37;1-2/h7-8,11-14,30,37H,3-6,9-10,15-16,34H2,1-2H3,(H,39,40);1-2H3. The molecule has 4 N–H and O–H groups in total. The summed E-state index contributed by atoms with van der Waals surface area (Å²) in [5.41, 5.74) is 10.2. The number of benzene rings is 2. The molecule has 2 aromatic heterocycles. The van der Waals surface area contributed by atoms with E-state index in [1.807, 2.05) is 32.0 Å². The molecule has 4 aromatic rings. The smallest absolute Gasteiger partial charge is 0.340 e. The summed E-state index contributed by atoms with van der Waals surface area (Å²) in [5.74, 6) is -0.465. The van der Waals surface area contributed by atoms with Gasteiger partial charge in [0.15, 0.2) is 17.6 Å². The maximum absolute atomic E-state index is 13.3. The van der Waals surface area contributed by atoms with Crippen LogP contribution in [0.15, 0.2) is 41.2 Å². The Bertz CT molecular complexity index is 1900. The third kappa shape index (κ3) is 6.33. The van der Waals surface area contributed by atoms with Crippen molar-refractivity contribution in [1.82, 2.24) is 9.55 Å². The topological polar surface area (TPSA) is 172 Å². The number of hydrogen-bond acceptors (Lipinski definition) is 10. The Hall–Kier alpha value is -5.10. The number of aromatic carboxylic acids is 1. The number of cyclic esters (lactones) is 1. The molecule has 0 spiro atoms. The predicted molar refractivity (Wildman–Crippen MR) is 175 cm³/mol. The largest absolute Gasteiger partial charge is 0.494 e. The summed E-state index contributed by atoms with van der Waals surface area (Å²) in [4.78, 5) is 41.4. The van der Waals surface area contributed by atoms with E-state index in [9.17, 15) is 24.6 Å². The molecular formula is C35H39N3O9. The lowest BCUT2D eigenvalue weighted by Crippen LogP contribution is -2.32. The van der Waals surface area contributed by atoms with Crippen LogP contribution in [0, 0.1) is 0 Å². The number of carboxylic acid groups (broad SMARTS) is 1. The van der Waals surface area contributed by atoms with Crippen molar-refractivity contribution in [3.8, 4) is 28.6 Å². The lowest BCUT2D eigenvalue weighted by molar-refractivity contribution is -0.157. The van der Waals surface area contributed by atoms with Crippen LogP contribution in [0.4, 0.5) is 5.69 Å². The van der Waals surface area contributed by atoms with Crippen LogP contribution in [0.3, 0.4) is 0 Å². The third-order valence-corrected chi connectivity index (χ3v) is 8.28. The number of esters is 1. The van der Waals surface area contributed by atoms with E-state index in [0.29, 0.717) is 54.6 Å². The van der Waals surface area contributed by atoms with Crippen molar-refractivity contribution in [2.75, 3.05) is 26.1 Å². The number of rotatable bonds is 11. The SMILES string of the molecule is CC.CCc1c2c(nc3ccc(OCCCCCOc4cc(N)c(C(=O)O)cc4OC)cc13)-c1cc3c(c(=O)n1C2)COC(=O)C3O. The zero-order chi connectivity index (χ0) is 33.8. The van der Waals surface area contributed by atoms with E-state index in [4.69, 9.17) is 29.7 Å². The number of carbonyl (C=O) groups is 2. The van der Waals surface area contributed by atoms with Gasteiger partial charge < -0.3 is 39.5 Å². The van der Waals surface area contributed by atoms with E-state index >= 15 is 0 Å². The number of aliphatic hydroxyl groups excluding tert-OH is 1. The van der Waals surface area contributed by atoms with Gasteiger partial charge >= 0.3 is 11.9 Å². The number of unbranched alkanes of at least 4 members (excludes halogenated alkanes) is 2. The number of methoxy groups -OCH3 is 1. The molecule has 4 heterocycles. The second-order valence-corrected chi connectivity index (χ2v) is 11.0. The number of aromatic nitrogens is 2. The zero-order valence-corrected chi connectivity index (χ0v) is 26.9. The van der Waals surface area contributed by atoms with Gasteiger partial charge in [0.1, 0.15) is 12.4 Å². The fourth-order valence-corrected chi connectivity index (χ4v) is 5.97. The molecule has 2 aliphatic rings. The summed E-state index contributed by atoms with van der Waals surface area (Å²) in [6.07, 6.45) is 1.61. The predicted octanol–water partition coefficient (Wildman–Crippen LogP) is 5.02. The van der Waals surface area contributed by atoms with Crippen molar-refractivity contribution < 1.29 is 38.7 Å². The van der Waals surface area contributed by atoms with E-state index in [1.54, 1.807) is 10.6 Å². The second-order valence-electron chi connectivity index (χ2n) is 11.0. The lowest BCUT2D eigenvalue weighted by Gasteiger charge is -2.21. The van der Waals surface area contributed by atoms with Gasteiger partial charge in [0, 0.05) is 28.6 Å². The molecule has 6 rings (SSSR count). The fourth-order valence-electron chi connectivity index (χ4n) is 5.97. The van der Waals surface area contributed by atoms with Gasteiger partial charge in [0.2, 0.25) is 0 Å². The van der Waals surface area contributed by atoms with Crippen LogP contribution in [0.25, 0.3) is 22.3 Å². The average molecular weight is 646 g/mol. The molecule has 1 atom stereocenters. The molecule has 2 aromatic carbocycles. The Morgan fingerprint density at radius 3 is 2.49 bits per heavy atom. The molecule has 1 unspecified atom stereocenters. The number of fused-ring (bicyclic) bond motifs is 5. The quantitative estimate of drug-likeness (QED) is 0.100. The number of hydrogen-bond donors (Lipinski definition) is 3. The van der Waals surface area contributed by atoms with E-state index in [1.165, 1.54) is 19.2 Å². The van der Waals surface area contributed by atoms with Gasteiger partial charge in [-0.15, -0.1) is 0 Å². The fraction of sp³-hybridized carbons (Fsp3) is 0.371. The Morgan fingerprint density at radius 2 is 1.79 bits per heavy atom. The van der Waals surface area contributed by atoms with Crippen molar-refractivity contribution in [3.63, 3.8) is 0 Å². The Kier molecular flexibility index (Phi) is 10.00. The summed E-state index contributed by atoms with van der Waals surface area (Å²) in [5, 5.41) is 20.6. The van der Waals surface area contributed by atoms with Crippen LogP contribution in [0.2, 0.25) is 0 Å². The summed E-state index contributed by atoms with van der Waals surface area (Å²) in [7, 11) is 1.44. The number of nitrogen functional groups attached to an aromatic ring is 1. The molecule has 0 radical (unpaired) electrons. The molecule has 12 nitrogen and oxygen atoms in total. The van der Waals surface area contributed by atoms with Crippen molar-refractivity contribution in [2.24, 2.45) is 0 Å². The average Bonchev–Trinajstić information content (AvgIpc) is 3.44. The number of aryl methyl sites for hydroxylation is 1. The highest BCUT2D eigenvalue weighted by Gasteiger charge is 2.34. The number of pyridine rings is 2. The van der Waals surface area contributed by atoms with Crippen LogP contribution < -0.4 is 25.5 Å². The molecule has 0 aliphatic carbocycles. The normalized spacial score (nSPS) is 14.3. The molecule has 0 fully saturated rings. The minimum Gasteiger partial charge on any atom is -0.494 e. The number of aliphatic hydroxyl groups is 1. The molecule has 0 amide bonds. The number of carboxylic acids is 1. The molecule has 0 bridgehead atoms. The van der Waals surface area contributed by atoms with Gasteiger partial charge in [0.05, 0.1) is 60.6 Å². The highest BCUT2D eigenvalue weighted by Crippen LogP contribution is 2.39. The minimum atomic E-state index is -1.49. The number of nitrogens with zero attached hydrogens (tertiary/aromatic N) is 2. The van der Waals surface area contributed by atoms with Gasteiger partial charge in [-0.2, -0.15) is 0 Å². The van der Waals surface area contributed by atoms with Gasteiger partial charge in [-0.3, -0.25) is 4.79 Å². The van der Waals surface area contributed by atoms with Crippen molar-refractivity contribution >= 4 is 28.5 Å². The number of nitrogens with two attached hydrogens (primary N) is 1. The molecule has 0 saturated heterocycles. The van der Waals surface area contributed by atoms with Gasteiger partial charge in [-0.1, -0.05) is 20.8 Å². The third-order valence-electron chi connectivity index (χ3n) is 8.28. The monoisotopic (exact) mass is 645 g/mol. The summed E-state index contributed by atoms with van der Waals surface area (Å²) in [6, 6.07) is 10.3. The minimum absolute atomic E-state index is 0.0368. The van der Waals surface area contributed by atoms with E-state index in [2.05, 4.69) is 6.92 Å². The first-order valence-electron chi connectivity index (χ1n) is 15.7. The summed E-state index contributed by atoms with van der Waals surface area (Å²) in [6.45, 7) is 7.16. The first-order valence-corrected chi connectivity index (χ1v) is 15.7. The number of carbonyl (C=O) groups excluding carboxylic acids is 1. The summed E-state index contributed by atoms with van der Waals surface area (Å²) >= 11 is 0. The van der Waals surface area contributed by atoms with Crippen molar-refractivity contribution in [3.05, 3.63) is 74.6 Å². The Morgan fingerprint density at radius 1 is 1.04 bits per heavy atom. The van der Waals surface area contributed by atoms with Crippen molar-refractivity contribution in [1.29, 1.82) is 0 Å². The zero-order valence-electron chi connectivity index (χ0n) is 26.9. The van der Waals surface area contributed by atoms with Crippen LogP contribution in [0.1, 0.15) is 78.7 Å². The Labute approximate surface area is 271 Å². The van der Waals surface area contributed by atoms with E-state index < -0.39 is 18.0 Å². The lowest BCUT2D eigenvalue weighted by atomic mass is 9.97. The second kappa shape index (κ2) is 14.1. The molecule has 0 saturated carbocycles. The van der Waals surface area contributed by atoms with Crippen LogP contribution >= 0.6 is 0 Å². The van der Waals surface area contributed by atoms with Gasteiger partial charge in [-0.25, -0.2) is 14.6 Å². The number of anilines is 1. The molecule has 12 heteroatoms. The van der Waals surface area contributed by atoms with Gasteiger partial charge in [0.25, 0.3) is 5.56 Å². The summed E-state index contributed by atoms with van der Waals surface area (Å²) < 4.78 is 23.7. The molecular weight excluding hydrogens is 606 g/mol. The highest BCUT2D eigenvalue weighted by molar-refractivity contribution is 5.95. The molecule has 248 valence electrons. The maximum atomic E-state index is 13.3. The Balaban J connectivity index is 0.00000213. The molecule has 2 aliphatic heterocycles. The number of ether oxygens (including phenoxy) is 4. The van der Waals surface area contributed by atoms with Crippen LogP contribution in [-0.2, 0) is 29.1 Å².